The Balaban J connectivity index is 2.76. The maximum atomic E-state index is 5.76. The second-order valence-corrected chi connectivity index (χ2v) is 4.80. The van der Waals surface area contributed by atoms with Gasteiger partial charge >= 0.3 is 0 Å². The van der Waals surface area contributed by atoms with Gasteiger partial charge in [-0.05, 0) is 43.5 Å². The molecule has 0 radical (unpaired) electrons. The summed E-state index contributed by atoms with van der Waals surface area (Å²) >= 11 is 0. The lowest BCUT2D eigenvalue weighted by Gasteiger charge is -2.10. The van der Waals surface area contributed by atoms with E-state index >= 15 is 0 Å². The molecule has 0 aromatic heterocycles. The molecule has 4 N–H and O–H groups in total. The number of unbranched alkanes of at least 4 members (excludes halogenated alkanes) is 2. The molecule has 0 saturated heterocycles. The minimum Gasteiger partial charge on any atom is -0.494 e. The van der Waals surface area contributed by atoms with Crippen molar-refractivity contribution >= 4 is 12.2 Å². The number of rotatable bonds is 7. The van der Waals surface area contributed by atoms with E-state index in [2.05, 4.69) is 17.1 Å². The van der Waals surface area contributed by atoms with Crippen LogP contribution in [0.2, 0.25) is 0 Å². The van der Waals surface area contributed by atoms with Gasteiger partial charge in [0, 0.05) is 5.56 Å². The molecule has 0 spiro atoms. The van der Waals surface area contributed by atoms with Gasteiger partial charge in [-0.2, -0.15) is 5.10 Å². The first-order valence-electron chi connectivity index (χ1n) is 6.90. The van der Waals surface area contributed by atoms with Gasteiger partial charge < -0.3 is 16.2 Å². The van der Waals surface area contributed by atoms with Gasteiger partial charge in [0.2, 0.25) is 5.96 Å². The first-order valence-corrected chi connectivity index (χ1v) is 6.90. The Morgan fingerprint density at radius 3 is 2.40 bits per heavy atom. The average molecular weight is 276 g/mol. The van der Waals surface area contributed by atoms with Crippen molar-refractivity contribution in [2.75, 3.05) is 6.61 Å². The predicted octanol–water partition coefficient (Wildman–Crippen LogP) is 2.48. The third kappa shape index (κ3) is 5.30. The van der Waals surface area contributed by atoms with Crippen LogP contribution < -0.4 is 16.2 Å². The summed E-state index contributed by atoms with van der Waals surface area (Å²) in [7, 11) is 0. The van der Waals surface area contributed by atoms with E-state index in [1.807, 2.05) is 26.0 Å². The number of hydrogen-bond donors (Lipinski definition) is 2. The van der Waals surface area contributed by atoms with Gasteiger partial charge in [-0.15, -0.1) is 5.10 Å². The minimum absolute atomic E-state index is 0.0487. The first kappa shape index (κ1) is 16.0. The zero-order chi connectivity index (χ0) is 15.0. The molecule has 110 valence electrons. The van der Waals surface area contributed by atoms with Crippen molar-refractivity contribution in [3.8, 4) is 5.75 Å². The standard InChI is InChI=1S/C15H24N4O/c1-4-5-6-7-20-13-8-11(2)14(12(3)9-13)10-18-19-15(16)17/h8-10H,4-7H2,1-3H3,(H4,16,17,19). The molecule has 20 heavy (non-hydrogen) atoms. The van der Waals surface area contributed by atoms with Crippen molar-refractivity contribution < 1.29 is 4.74 Å². The maximum Gasteiger partial charge on any atom is 0.211 e. The lowest BCUT2D eigenvalue weighted by Crippen LogP contribution is -2.21. The molecule has 0 fully saturated rings. The normalized spacial score (nSPS) is 10.8. The van der Waals surface area contributed by atoms with Gasteiger partial charge in [0.15, 0.2) is 0 Å². The Labute approximate surface area is 120 Å². The zero-order valence-corrected chi connectivity index (χ0v) is 12.5. The van der Waals surface area contributed by atoms with Crippen LogP contribution in [0.4, 0.5) is 0 Å². The highest BCUT2D eigenvalue weighted by molar-refractivity contribution is 5.85. The van der Waals surface area contributed by atoms with Crippen LogP contribution >= 0.6 is 0 Å². The Morgan fingerprint density at radius 2 is 1.85 bits per heavy atom. The fourth-order valence-electron chi connectivity index (χ4n) is 1.92. The lowest BCUT2D eigenvalue weighted by molar-refractivity contribution is 0.306. The summed E-state index contributed by atoms with van der Waals surface area (Å²) in [5.41, 5.74) is 13.6. The van der Waals surface area contributed by atoms with Crippen LogP contribution in [0.5, 0.6) is 5.75 Å². The quantitative estimate of drug-likeness (QED) is 0.347. The van der Waals surface area contributed by atoms with Gasteiger partial charge in [0.05, 0.1) is 12.8 Å². The summed E-state index contributed by atoms with van der Waals surface area (Å²) in [6, 6.07) is 4.02. The smallest absolute Gasteiger partial charge is 0.211 e. The van der Waals surface area contributed by atoms with Crippen molar-refractivity contribution in [1.82, 2.24) is 0 Å². The largest absolute Gasteiger partial charge is 0.494 e. The van der Waals surface area contributed by atoms with E-state index in [1.54, 1.807) is 6.21 Å². The molecule has 0 atom stereocenters. The van der Waals surface area contributed by atoms with E-state index in [-0.39, 0.29) is 5.96 Å². The van der Waals surface area contributed by atoms with Crippen LogP contribution in [0, 0.1) is 13.8 Å². The first-order chi connectivity index (χ1) is 9.54. The molecule has 0 saturated carbocycles. The van der Waals surface area contributed by atoms with Crippen molar-refractivity contribution in [3.63, 3.8) is 0 Å². The van der Waals surface area contributed by atoms with Crippen molar-refractivity contribution in [2.24, 2.45) is 21.7 Å². The average Bonchev–Trinajstić information content (AvgIpc) is 2.37. The Hall–Kier alpha value is -2.04. The SMILES string of the molecule is CCCCCOc1cc(C)c(C=NN=C(N)N)c(C)c1. The van der Waals surface area contributed by atoms with Gasteiger partial charge in [0.1, 0.15) is 5.75 Å². The minimum atomic E-state index is -0.0487. The van der Waals surface area contributed by atoms with Crippen LogP contribution in [-0.4, -0.2) is 18.8 Å². The summed E-state index contributed by atoms with van der Waals surface area (Å²) in [6.07, 6.45) is 5.14. The maximum absolute atomic E-state index is 5.76. The fraction of sp³-hybridized carbons (Fsp3) is 0.467. The molecule has 0 unspecified atom stereocenters. The van der Waals surface area contributed by atoms with Crippen LogP contribution in [-0.2, 0) is 0 Å². The van der Waals surface area contributed by atoms with E-state index in [4.69, 9.17) is 16.2 Å². The van der Waals surface area contributed by atoms with Gasteiger partial charge in [0.25, 0.3) is 0 Å². The molecule has 0 aliphatic heterocycles. The molecular formula is C15H24N4O. The fourth-order valence-corrected chi connectivity index (χ4v) is 1.92. The molecule has 1 aromatic rings. The van der Waals surface area contributed by atoms with E-state index < -0.39 is 0 Å². The molecular weight excluding hydrogens is 252 g/mol. The number of benzene rings is 1. The molecule has 1 rings (SSSR count). The Bertz CT molecular complexity index is 468. The van der Waals surface area contributed by atoms with E-state index in [9.17, 15) is 0 Å². The topological polar surface area (TPSA) is 86.0 Å². The Kier molecular flexibility index (Phi) is 6.56. The second kappa shape index (κ2) is 8.19. The van der Waals surface area contributed by atoms with Crippen molar-refractivity contribution in [1.29, 1.82) is 0 Å². The molecule has 0 bridgehead atoms. The number of nitrogens with two attached hydrogens (primary N) is 2. The lowest BCUT2D eigenvalue weighted by atomic mass is 10.0. The summed E-state index contributed by atoms with van der Waals surface area (Å²) in [5, 5.41) is 7.46. The molecule has 0 amide bonds. The van der Waals surface area contributed by atoms with Crippen LogP contribution in [0.3, 0.4) is 0 Å². The summed E-state index contributed by atoms with van der Waals surface area (Å²) in [4.78, 5) is 0. The Morgan fingerprint density at radius 1 is 1.20 bits per heavy atom. The van der Waals surface area contributed by atoms with E-state index in [0.29, 0.717) is 0 Å². The number of ether oxygens (including phenoxy) is 1. The molecule has 0 heterocycles. The van der Waals surface area contributed by atoms with Gasteiger partial charge in [-0.25, -0.2) is 0 Å². The summed E-state index contributed by atoms with van der Waals surface area (Å²) in [6.45, 7) is 6.97. The van der Waals surface area contributed by atoms with E-state index in [1.165, 1.54) is 12.8 Å². The van der Waals surface area contributed by atoms with Crippen LogP contribution in [0.25, 0.3) is 0 Å². The highest BCUT2D eigenvalue weighted by Crippen LogP contribution is 2.21. The second-order valence-electron chi connectivity index (χ2n) is 4.80. The third-order valence-electron chi connectivity index (χ3n) is 2.94. The van der Waals surface area contributed by atoms with Crippen LogP contribution in [0.1, 0.15) is 42.9 Å². The van der Waals surface area contributed by atoms with Crippen molar-refractivity contribution in [3.05, 3.63) is 28.8 Å². The molecule has 5 heteroatoms. The van der Waals surface area contributed by atoms with Crippen molar-refractivity contribution in [2.45, 2.75) is 40.0 Å². The highest BCUT2D eigenvalue weighted by atomic mass is 16.5. The van der Waals surface area contributed by atoms with Gasteiger partial charge in [-0.1, -0.05) is 19.8 Å². The number of aryl methyl sites for hydroxylation is 2. The zero-order valence-electron chi connectivity index (χ0n) is 12.5. The number of nitrogens with zero attached hydrogens (tertiary/aromatic N) is 2. The summed E-state index contributed by atoms with van der Waals surface area (Å²) in [5.74, 6) is 0.850. The molecule has 0 aliphatic rings. The third-order valence-corrected chi connectivity index (χ3v) is 2.94. The predicted molar refractivity (Wildman–Crippen MR) is 84.3 cm³/mol. The molecule has 0 aliphatic carbocycles. The van der Waals surface area contributed by atoms with Gasteiger partial charge in [-0.3, -0.25) is 0 Å². The summed E-state index contributed by atoms with van der Waals surface area (Å²) < 4.78 is 5.76. The highest BCUT2D eigenvalue weighted by Gasteiger charge is 2.04. The molecule has 5 nitrogen and oxygen atoms in total. The van der Waals surface area contributed by atoms with Crippen LogP contribution in [0.15, 0.2) is 22.3 Å². The number of guanidine groups is 1. The number of hydrogen-bond acceptors (Lipinski definition) is 3. The monoisotopic (exact) mass is 276 g/mol. The van der Waals surface area contributed by atoms with E-state index in [0.717, 1.165) is 35.5 Å². The molecule has 1 aromatic carbocycles.